The minimum Gasteiger partial charge on any atom is -0.341 e. The highest BCUT2D eigenvalue weighted by atomic mass is 16.2. The molecular weight excluding hydrogens is 214 g/mol. The third-order valence-corrected chi connectivity index (χ3v) is 4.11. The van der Waals surface area contributed by atoms with Crippen LogP contribution >= 0.6 is 0 Å². The molecule has 2 aliphatic heterocycles. The van der Waals surface area contributed by atoms with E-state index in [1.54, 1.807) is 0 Å². The van der Waals surface area contributed by atoms with Gasteiger partial charge in [0, 0.05) is 19.1 Å². The molecular formula is C13H25N3O. The molecule has 0 bridgehead atoms. The number of hydrogen-bond donors (Lipinski definition) is 1. The van der Waals surface area contributed by atoms with Crippen LogP contribution in [0.1, 0.15) is 32.1 Å². The maximum atomic E-state index is 12.3. The van der Waals surface area contributed by atoms with Gasteiger partial charge in [-0.05, 0) is 46.3 Å². The van der Waals surface area contributed by atoms with Crippen LogP contribution in [0.5, 0.6) is 0 Å². The summed E-state index contributed by atoms with van der Waals surface area (Å²) in [6.45, 7) is 2.87. The molecule has 2 rings (SSSR count). The van der Waals surface area contributed by atoms with Gasteiger partial charge in [-0.3, -0.25) is 4.79 Å². The first-order chi connectivity index (χ1) is 8.18. The van der Waals surface area contributed by atoms with Gasteiger partial charge >= 0.3 is 0 Å². The SMILES string of the molecule is CN(C)C1CCN(C(=O)[C@@H]2CCCCN2)CC1. The fourth-order valence-corrected chi connectivity index (χ4v) is 2.89. The van der Waals surface area contributed by atoms with Gasteiger partial charge in [-0.15, -0.1) is 0 Å². The molecule has 2 saturated heterocycles. The van der Waals surface area contributed by atoms with Crippen LogP contribution in [0.3, 0.4) is 0 Å². The van der Waals surface area contributed by atoms with Crippen LogP contribution in [0.25, 0.3) is 0 Å². The summed E-state index contributed by atoms with van der Waals surface area (Å²) in [5, 5.41) is 3.35. The number of carbonyl (C=O) groups excluding carboxylic acids is 1. The predicted molar refractivity (Wildman–Crippen MR) is 68.9 cm³/mol. The highest BCUT2D eigenvalue weighted by molar-refractivity contribution is 5.82. The molecule has 0 aliphatic carbocycles. The summed E-state index contributed by atoms with van der Waals surface area (Å²) in [5.74, 6) is 0.335. The Bertz CT molecular complexity index is 253. The second-order valence-corrected chi connectivity index (χ2v) is 5.52. The van der Waals surface area contributed by atoms with E-state index in [-0.39, 0.29) is 6.04 Å². The normalized spacial score (nSPS) is 27.5. The Kier molecular flexibility index (Phi) is 4.40. The largest absolute Gasteiger partial charge is 0.341 e. The summed E-state index contributed by atoms with van der Waals surface area (Å²) in [6, 6.07) is 0.748. The molecule has 4 nitrogen and oxygen atoms in total. The molecule has 0 saturated carbocycles. The number of nitrogens with one attached hydrogen (secondary N) is 1. The second kappa shape index (κ2) is 5.83. The van der Waals surface area contributed by atoms with Crippen LogP contribution < -0.4 is 5.32 Å². The van der Waals surface area contributed by atoms with E-state index in [9.17, 15) is 4.79 Å². The molecule has 17 heavy (non-hydrogen) atoms. The van der Waals surface area contributed by atoms with Crippen molar-refractivity contribution in [2.24, 2.45) is 0 Å². The first kappa shape index (κ1) is 12.8. The average molecular weight is 239 g/mol. The number of nitrogens with zero attached hydrogens (tertiary/aromatic N) is 2. The van der Waals surface area contributed by atoms with E-state index < -0.39 is 0 Å². The summed E-state index contributed by atoms with van der Waals surface area (Å²) < 4.78 is 0. The minimum absolute atomic E-state index is 0.0969. The molecule has 0 aromatic heterocycles. The number of hydrogen-bond acceptors (Lipinski definition) is 3. The monoisotopic (exact) mass is 239 g/mol. The lowest BCUT2D eigenvalue weighted by Gasteiger charge is -2.37. The lowest BCUT2D eigenvalue weighted by Crippen LogP contribution is -2.52. The average Bonchev–Trinajstić information content (AvgIpc) is 2.39. The molecule has 0 unspecified atom stereocenters. The van der Waals surface area contributed by atoms with Gasteiger partial charge in [0.05, 0.1) is 6.04 Å². The van der Waals surface area contributed by atoms with Crippen LogP contribution in [0.4, 0.5) is 0 Å². The zero-order chi connectivity index (χ0) is 12.3. The fraction of sp³-hybridized carbons (Fsp3) is 0.923. The van der Waals surface area contributed by atoms with E-state index in [1.165, 1.54) is 12.8 Å². The van der Waals surface area contributed by atoms with Gasteiger partial charge in [0.1, 0.15) is 0 Å². The molecule has 2 fully saturated rings. The summed E-state index contributed by atoms with van der Waals surface area (Å²) in [5.41, 5.74) is 0. The molecule has 0 radical (unpaired) electrons. The van der Waals surface area contributed by atoms with Gasteiger partial charge in [-0.1, -0.05) is 6.42 Å². The Morgan fingerprint density at radius 2 is 1.88 bits per heavy atom. The molecule has 1 amide bonds. The fourth-order valence-electron chi connectivity index (χ4n) is 2.89. The Morgan fingerprint density at radius 3 is 2.41 bits per heavy atom. The van der Waals surface area contributed by atoms with Crippen molar-refractivity contribution in [1.82, 2.24) is 15.1 Å². The standard InChI is InChI=1S/C13H25N3O/c1-15(2)11-6-9-16(10-7-11)13(17)12-5-3-4-8-14-12/h11-12,14H,3-10H2,1-2H3/t12-/m0/s1. The molecule has 98 valence electrons. The lowest BCUT2D eigenvalue weighted by molar-refractivity contribution is -0.135. The molecule has 2 aliphatic rings. The maximum Gasteiger partial charge on any atom is 0.239 e. The third-order valence-electron chi connectivity index (χ3n) is 4.11. The van der Waals surface area contributed by atoms with Crippen molar-refractivity contribution in [2.45, 2.75) is 44.2 Å². The first-order valence-corrected chi connectivity index (χ1v) is 6.87. The first-order valence-electron chi connectivity index (χ1n) is 6.87. The number of likely N-dealkylation sites (tertiary alicyclic amines) is 1. The van der Waals surface area contributed by atoms with Gasteiger partial charge < -0.3 is 15.1 Å². The molecule has 0 aromatic carbocycles. The zero-order valence-corrected chi connectivity index (χ0v) is 11.1. The van der Waals surface area contributed by atoms with E-state index in [0.29, 0.717) is 11.9 Å². The van der Waals surface area contributed by atoms with Gasteiger partial charge in [0.15, 0.2) is 0 Å². The van der Waals surface area contributed by atoms with E-state index in [1.807, 2.05) is 0 Å². The number of piperidine rings is 2. The van der Waals surface area contributed by atoms with Crippen LogP contribution in [-0.2, 0) is 4.79 Å². The van der Waals surface area contributed by atoms with Crippen molar-refractivity contribution in [2.75, 3.05) is 33.7 Å². The summed E-state index contributed by atoms with van der Waals surface area (Å²) >= 11 is 0. The topological polar surface area (TPSA) is 35.6 Å². The van der Waals surface area contributed by atoms with Crippen molar-refractivity contribution < 1.29 is 4.79 Å². The Balaban J connectivity index is 1.81. The Morgan fingerprint density at radius 1 is 1.18 bits per heavy atom. The zero-order valence-electron chi connectivity index (χ0n) is 11.1. The van der Waals surface area contributed by atoms with Crippen LogP contribution in [0.15, 0.2) is 0 Å². The van der Waals surface area contributed by atoms with E-state index in [2.05, 4.69) is 29.2 Å². The van der Waals surface area contributed by atoms with Crippen molar-refractivity contribution in [3.8, 4) is 0 Å². The molecule has 1 N–H and O–H groups in total. The van der Waals surface area contributed by atoms with Crippen LogP contribution in [-0.4, -0.2) is 61.5 Å². The quantitative estimate of drug-likeness (QED) is 0.770. The number of carbonyl (C=O) groups is 1. The summed E-state index contributed by atoms with van der Waals surface area (Å²) in [6.07, 6.45) is 5.66. The Labute approximate surface area is 104 Å². The minimum atomic E-state index is 0.0969. The molecule has 4 heteroatoms. The Hall–Kier alpha value is -0.610. The van der Waals surface area contributed by atoms with Crippen molar-refractivity contribution in [1.29, 1.82) is 0 Å². The van der Waals surface area contributed by atoms with Crippen molar-refractivity contribution >= 4 is 5.91 Å². The summed E-state index contributed by atoms with van der Waals surface area (Å²) in [4.78, 5) is 16.6. The maximum absolute atomic E-state index is 12.3. The van der Waals surface area contributed by atoms with Crippen molar-refractivity contribution in [3.63, 3.8) is 0 Å². The highest BCUT2D eigenvalue weighted by Crippen LogP contribution is 2.17. The van der Waals surface area contributed by atoms with E-state index in [0.717, 1.165) is 38.9 Å². The molecule has 0 aromatic rings. The van der Waals surface area contributed by atoms with Crippen LogP contribution in [0.2, 0.25) is 0 Å². The van der Waals surface area contributed by atoms with Crippen LogP contribution in [0, 0.1) is 0 Å². The number of rotatable bonds is 2. The smallest absolute Gasteiger partial charge is 0.239 e. The molecule has 1 atom stereocenters. The second-order valence-electron chi connectivity index (χ2n) is 5.52. The van der Waals surface area contributed by atoms with Gasteiger partial charge in [0.2, 0.25) is 5.91 Å². The predicted octanol–water partition coefficient (Wildman–Crippen LogP) is 0.681. The van der Waals surface area contributed by atoms with E-state index in [4.69, 9.17) is 0 Å². The summed E-state index contributed by atoms with van der Waals surface area (Å²) in [7, 11) is 4.26. The molecule has 2 heterocycles. The van der Waals surface area contributed by atoms with Gasteiger partial charge in [-0.25, -0.2) is 0 Å². The lowest BCUT2D eigenvalue weighted by atomic mass is 10.00. The van der Waals surface area contributed by atoms with Gasteiger partial charge in [0.25, 0.3) is 0 Å². The van der Waals surface area contributed by atoms with Gasteiger partial charge in [-0.2, -0.15) is 0 Å². The van der Waals surface area contributed by atoms with Crippen molar-refractivity contribution in [3.05, 3.63) is 0 Å². The third kappa shape index (κ3) is 3.19. The molecule has 0 spiro atoms. The van der Waals surface area contributed by atoms with E-state index >= 15 is 0 Å². The number of amides is 1. The highest BCUT2D eigenvalue weighted by Gasteiger charge is 2.29.